The third kappa shape index (κ3) is 3.87. The van der Waals surface area contributed by atoms with Crippen molar-refractivity contribution in [2.24, 2.45) is 5.10 Å². The van der Waals surface area contributed by atoms with Gasteiger partial charge >= 0.3 is 0 Å². The van der Waals surface area contributed by atoms with Gasteiger partial charge < -0.3 is 10.3 Å². The van der Waals surface area contributed by atoms with Crippen LogP contribution in [0.1, 0.15) is 23.6 Å². The second-order valence-electron chi connectivity index (χ2n) is 7.94. The van der Waals surface area contributed by atoms with Gasteiger partial charge in [0, 0.05) is 40.5 Å². The molecule has 0 bridgehead atoms. The number of nitrogens with one attached hydrogen (secondary N) is 2. The number of hydrogen-bond acceptors (Lipinski definition) is 3. The van der Waals surface area contributed by atoms with Gasteiger partial charge in [0.15, 0.2) is 5.11 Å². The number of pyridine rings is 1. The summed E-state index contributed by atoms with van der Waals surface area (Å²) in [4.78, 5) is 16.4. The van der Waals surface area contributed by atoms with E-state index in [0.717, 1.165) is 16.5 Å². The van der Waals surface area contributed by atoms with E-state index in [1.807, 2.05) is 36.4 Å². The molecule has 0 fully saturated rings. The van der Waals surface area contributed by atoms with Crippen LogP contribution in [0.4, 0.5) is 4.39 Å². The van der Waals surface area contributed by atoms with Crippen molar-refractivity contribution in [2.45, 2.75) is 12.5 Å². The van der Waals surface area contributed by atoms with Crippen molar-refractivity contribution in [3.8, 4) is 11.1 Å². The number of hydrazone groups is 1. The zero-order chi connectivity index (χ0) is 23.8. The highest BCUT2D eigenvalue weighted by Crippen LogP contribution is 2.37. The van der Waals surface area contributed by atoms with Gasteiger partial charge in [-0.3, -0.25) is 4.79 Å². The fourth-order valence-corrected chi connectivity index (χ4v) is 4.68. The highest BCUT2D eigenvalue weighted by Gasteiger charge is 2.35. The Balaban J connectivity index is 1.74. The summed E-state index contributed by atoms with van der Waals surface area (Å²) in [6.45, 7) is 0. The van der Waals surface area contributed by atoms with E-state index < -0.39 is 6.04 Å². The van der Waals surface area contributed by atoms with E-state index >= 15 is 0 Å². The van der Waals surface area contributed by atoms with Gasteiger partial charge in [0.25, 0.3) is 5.56 Å². The molecular formula is C26H20ClFN4OS. The molecule has 170 valence electrons. The van der Waals surface area contributed by atoms with Gasteiger partial charge in [-0.1, -0.05) is 60.1 Å². The Kier molecular flexibility index (Phi) is 5.89. The molecule has 0 saturated carbocycles. The molecule has 0 radical (unpaired) electrons. The normalized spacial score (nSPS) is 15.4. The number of aromatic amines is 1. The lowest BCUT2D eigenvalue weighted by atomic mass is 9.91. The van der Waals surface area contributed by atoms with Crippen molar-refractivity contribution >= 4 is 45.5 Å². The zero-order valence-corrected chi connectivity index (χ0v) is 19.8. The summed E-state index contributed by atoms with van der Waals surface area (Å²) in [6.07, 6.45) is 0.310. The van der Waals surface area contributed by atoms with Crippen molar-refractivity contribution in [1.82, 2.24) is 15.3 Å². The molecule has 4 aromatic rings. The van der Waals surface area contributed by atoms with E-state index in [-0.39, 0.29) is 11.4 Å². The molecule has 0 amide bonds. The lowest BCUT2D eigenvalue weighted by Gasteiger charge is -2.24. The quantitative estimate of drug-likeness (QED) is 0.365. The molecule has 2 N–H and O–H groups in total. The average Bonchev–Trinajstić information content (AvgIpc) is 3.28. The Hall–Kier alpha value is -3.55. The van der Waals surface area contributed by atoms with Crippen LogP contribution in [0.15, 0.2) is 82.7 Å². The first-order valence-electron chi connectivity index (χ1n) is 10.7. The molecule has 0 saturated heterocycles. The number of nitrogens with zero attached hydrogens (tertiary/aromatic N) is 2. The first kappa shape index (κ1) is 22.3. The third-order valence-electron chi connectivity index (χ3n) is 5.94. The van der Waals surface area contributed by atoms with Gasteiger partial charge in [-0.05, 0) is 42.0 Å². The lowest BCUT2D eigenvalue weighted by molar-refractivity contribution is 0.356. The molecule has 2 heterocycles. The predicted molar refractivity (Wildman–Crippen MR) is 139 cm³/mol. The van der Waals surface area contributed by atoms with E-state index in [0.29, 0.717) is 38.9 Å². The summed E-state index contributed by atoms with van der Waals surface area (Å²) in [5.41, 5.74) is 3.46. The monoisotopic (exact) mass is 490 g/mol. The van der Waals surface area contributed by atoms with Gasteiger partial charge in [0.1, 0.15) is 5.82 Å². The molecule has 3 aromatic carbocycles. The van der Waals surface area contributed by atoms with E-state index in [9.17, 15) is 9.18 Å². The first-order chi connectivity index (χ1) is 16.5. The molecule has 0 spiro atoms. The summed E-state index contributed by atoms with van der Waals surface area (Å²) >= 11 is 11.6. The minimum Gasteiger partial charge on any atom is -0.364 e. The highest BCUT2D eigenvalue weighted by molar-refractivity contribution is 7.80. The van der Waals surface area contributed by atoms with Crippen LogP contribution in [-0.4, -0.2) is 27.9 Å². The van der Waals surface area contributed by atoms with Gasteiger partial charge in [0.05, 0.1) is 17.3 Å². The van der Waals surface area contributed by atoms with Crippen LogP contribution in [0.25, 0.3) is 22.0 Å². The Morgan fingerprint density at radius 3 is 2.53 bits per heavy atom. The topological polar surface area (TPSA) is 60.5 Å². The molecule has 0 aliphatic carbocycles. The minimum atomic E-state index is -0.486. The van der Waals surface area contributed by atoms with Gasteiger partial charge in [-0.15, -0.1) is 0 Å². The zero-order valence-electron chi connectivity index (χ0n) is 18.2. The van der Waals surface area contributed by atoms with Crippen molar-refractivity contribution in [1.29, 1.82) is 0 Å². The SMILES string of the molecule is CNC(=S)N1N=C(c2c(-c3ccc(Cl)cc3)c3ccccc3[nH]c2=O)CC1c1ccccc1F. The number of halogens is 2. The summed E-state index contributed by atoms with van der Waals surface area (Å²) in [5, 5.41) is 11.0. The maximum absolute atomic E-state index is 14.8. The number of H-pyrrole nitrogens is 1. The molecule has 1 aromatic heterocycles. The first-order valence-corrected chi connectivity index (χ1v) is 11.5. The van der Waals surface area contributed by atoms with E-state index in [1.54, 1.807) is 42.4 Å². The Morgan fingerprint density at radius 2 is 1.79 bits per heavy atom. The third-order valence-corrected chi connectivity index (χ3v) is 6.58. The number of aromatic nitrogens is 1. The molecule has 1 unspecified atom stereocenters. The van der Waals surface area contributed by atoms with Gasteiger partial charge in [-0.25, -0.2) is 9.40 Å². The summed E-state index contributed by atoms with van der Waals surface area (Å²) < 4.78 is 14.8. The van der Waals surface area contributed by atoms with Crippen LogP contribution in [0.3, 0.4) is 0 Å². The molecule has 5 nitrogen and oxygen atoms in total. The Bertz CT molecular complexity index is 1500. The second kappa shape index (κ2) is 9.00. The molecule has 1 aliphatic rings. The van der Waals surface area contributed by atoms with Crippen molar-refractivity contribution in [2.75, 3.05) is 7.05 Å². The molecular weight excluding hydrogens is 471 g/mol. The molecule has 5 rings (SSSR count). The number of rotatable bonds is 3. The summed E-state index contributed by atoms with van der Waals surface area (Å²) in [6, 6.07) is 21.0. The van der Waals surface area contributed by atoms with Crippen LogP contribution < -0.4 is 10.9 Å². The Labute approximate surface area is 205 Å². The highest BCUT2D eigenvalue weighted by atomic mass is 35.5. The number of hydrogen-bond donors (Lipinski definition) is 2. The molecule has 8 heteroatoms. The van der Waals surface area contributed by atoms with Crippen molar-refractivity contribution in [3.05, 3.63) is 105 Å². The predicted octanol–water partition coefficient (Wildman–Crippen LogP) is 5.64. The molecule has 34 heavy (non-hydrogen) atoms. The van der Waals surface area contributed by atoms with E-state index in [4.69, 9.17) is 28.9 Å². The van der Waals surface area contributed by atoms with Crippen molar-refractivity contribution < 1.29 is 4.39 Å². The fourth-order valence-electron chi connectivity index (χ4n) is 4.39. The average molecular weight is 491 g/mol. The smallest absolute Gasteiger partial charge is 0.258 e. The Morgan fingerprint density at radius 1 is 1.09 bits per heavy atom. The van der Waals surface area contributed by atoms with Crippen LogP contribution in [0.2, 0.25) is 5.02 Å². The molecule has 1 atom stereocenters. The lowest BCUT2D eigenvalue weighted by Crippen LogP contribution is -2.34. The van der Waals surface area contributed by atoms with E-state index in [2.05, 4.69) is 10.3 Å². The van der Waals surface area contributed by atoms with Gasteiger partial charge in [-0.2, -0.15) is 5.10 Å². The standard InChI is InChI=1S/C26H20ClFN4OS/c1-29-26(34)32-22(17-6-2-4-8-19(17)28)14-21(31-32)24-23(15-10-12-16(27)13-11-15)18-7-3-5-9-20(18)30-25(24)33/h2-13,22H,14H2,1H3,(H,29,34)(H,30,33). The summed E-state index contributed by atoms with van der Waals surface area (Å²) in [7, 11) is 1.69. The second-order valence-corrected chi connectivity index (χ2v) is 8.77. The van der Waals surface area contributed by atoms with Crippen LogP contribution in [0, 0.1) is 5.82 Å². The van der Waals surface area contributed by atoms with Crippen molar-refractivity contribution in [3.63, 3.8) is 0 Å². The largest absolute Gasteiger partial charge is 0.364 e. The fraction of sp³-hybridized carbons (Fsp3) is 0.115. The number of benzene rings is 3. The number of thiocarbonyl (C=S) groups is 1. The maximum atomic E-state index is 14.8. The van der Waals surface area contributed by atoms with Crippen LogP contribution in [-0.2, 0) is 0 Å². The van der Waals surface area contributed by atoms with E-state index in [1.165, 1.54) is 6.07 Å². The van der Waals surface area contributed by atoms with Crippen LogP contribution in [0.5, 0.6) is 0 Å². The maximum Gasteiger partial charge on any atom is 0.258 e. The van der Waals surface area contributed by atoms with Crippen LogP contribution >= 0.6 is 23.8 Å². The summed E-state index contributed by atoms with van der Waals surface area (Å²) in [5.74, 6) is -0.349. The van der Waals surface area contributed by atoms with Gasteiger partial charge in [0.2, 0.25) is 0 Å². The number of para-hydroxylation sites is 1. The number of fused-ring (bicyclic) bond motifs is 1. The molecule has 1 aliphatic heterocycles. The minimum absolute atomic E-state index is 0.271.